The van der Waals surface area contributed by atoms with Crippen molar-refractivity contribution in [1.29, 1.82) is 0 Å². The van der Waals surface area contributed by atoms with Gasteiger partial charge in [0.15, 0.2) is 0 Å². The SMILES string of the molecule is CN(C(=O)C1CCC1)C1CCN(C(=O)OC(C)(C)C)CC1. The van der Waals surface area contributed by atoms with Gasteiger partial charge in [-0.15, -0.1) is 0 Å². The maximum atomic E-state index is 12.2. The summed E-state index contributed by atoms with van der Waals surface area (Å²) in [6, 6.07) is 0.261. The van der Waals surface area contributed by atoms with Gasteiger partial charge in [-0.25, -0.2) is 4.79 Å². The van der Waals surface area contributed by atoms with Crippen LogP contribution in [-0.4, -0.2) is 53.6 Å². The van der Waals surface area contributed by atoms with Crippen LogP contribution in [0.15, 0.2) is 0 Å². The molecule has 0 aromatic carbocycles. The van der Waals surface area contributed by atoms with E-state index in [1.165, 1.54) is 6.42 Å². The Bertz CT molecular complexity index is 391. The molecule has 2 fully saturated rings. The fourth-order valence-electron chi connectivity index (χ4n) is 2.89. The molecular weight excluding hydrogens is 268 g/mol. The smallest absolute Gasteiger partial charge is 0.410 e. The summed E-state index contributed by atoms with van der Waals surface area (Å²) in [5, 5.41) is 0. The molecule has 5 heteroatoms. The van der Waals surface area contributed by atoms with Gasteiger partial charge < -0.3 is 14.5 Å². The van der Waals surface area contributed by atoms with Gasteiger partial charge in [0.05, 0.1) is 0 Å². The summed E-state index contributed by atoms with van der Waals surface area (Å²) < 4.78 is 5.39. The van der Waals surface area contributed by atoms with Crippen LogP contribution in [0.4, 0.5) is 4.79 Å². The molecule has 2 rings (SSSR count). The van der Waals surface area contributed by atoms with E-state index < -0.39 is 5.60 Å². The Labute approximate surface area is 127 Å². The molecule has 2 amide bonds. The molecule has 1 saturated heterocycles. The normalized spacial score (nSPS) is 20.9. The van der Waals surface area contributed by atoms with Gasteiger partial charge in [0.2, 0.25) is 5.91 Å². The van der Waals surface area contributed by atoms with Gasteiger partial charge in [0.1, 0.15) is 5.60 Å². The summed E-state index contributed by atoms with van der Waals surface area (Å²) in [5.41, 5.74) is -0.453. The first-order chi connectivity index (χ1) is 9.78. The van der Waals surface area contributed by atoms with Crippen LogP contribution in [0.2, 0.25) is 0 Å². The molecule has 0 N–H and O–H groups in total. The Hall–Kier alpha value is -1.26. The van der Waals surface area contributed by atoms with Gasteiger partial charge in [-0.2, -0.15) is 0 Å². The molecule has 0 bridgehead atoms. The summed E-state index contributed by atoms with van der Waals surface area (Å²) >= 11 is 0. The number of carbonyl (C=O) groups excluding carboxylic acids is 2. The van der Waals surface area contributed by atoms with Crippen molar-refractivity contribution in [3.63, 3.8) is 0 Å². The maximum absolute atomic E-state index is 12.2. The number of rotatable bonds is 2. The zero-order chi connectivity index (χ0) is 15.6. The lowest BCUT2D eigenvalue weighted by Crippen LogP contribution is -2.50. The fourth-order valence-corrected chi connectivity index (χ4v) is 2.89. The van der Waals surface area contributed by atoms with Gasteiger partial charge in [0, 0.05) is 32.1 Å². The van der Waals surface area contributed by atoms with Gasteiger partial charge in [-0.05, 0) is 46.5 Å². The molecule has 2 aliphatic rings. The minimum atomic E-state index is -0.453. The second-order valence-electron chi connectivity index (χ2n) is 7.28. The van der Waals surface area contributed by atoms with Crippen molar-refractivity contribution >= 4 is 12.0 Å². The highest BCUT2D eigenvalue weighted by atomic mass is 16.6. The third kappa shape index (κ3) is 4.11. The van der Waals surface area contributed by atoms with Crippen LogP contribution in [0, 0.1) is 5.92 Å². The number of hydrogen-bond acceptors (Lipinski definition) is 3. The van der Waals surface area contributed by atoms with E-state index in [0.29, 0.717) is 13.1 Å². The summed E-state index contributed by atoms with van der Waals surface area (Å²) in [5.74, 6) is 0.538. The molecule has 1 aliphatic heterocycles. The minimum Gasteiger partial charge on any atom is -0.444 e. The van der Waals surface area contributed by atoms with E-state index in [4.69, 9.17) is 4.74 Å². The largest absolute Gasteiger partial charge is 0.444 e. The quantitative estimate of drug-likeness (QED) is 0.787. The van der Waals surface area contributed by atoms with E-state index in [9.17, 15) is 9.59 Å². The summed E-state index contributed by atoms with van der Waals surface area (Å²) in [6.07, 6.45) is 4.71. The van der Waals surface area contributed by atoms with E-state index in [2.05, 4.69) is 0 Å². The Morgan fingerprint density at radius 1 is 1.10 bits per heavy atom. The molecule has 120 valence electrons. The van der Waals surface area contributed by atoms with E-state index in [0.717, 1.165) is 25.7 Å². The van der Waals surface area contributed by atoms with Crippen molar-refractivity contribution in [1.82, 2.24) is 9.80 Å². The number of ether oxygens (including phenoxy) is 1. The van der Waals surface area contributed by atoms with Crippen molar-refractivity contribution in [3.8, 4) is 0 Å². The van der Waals surface area contributed by atoms with Gasteiger partial charge in [-0.3, -0.25) is 4.79 Å². The van der Waals surface area contributed by atoms with E-state index in [-0.39, 0.29) is 24.0 Å². The molecular formula is C16H28N2O3. The molecule has 1 aliphatic carbocycles. The number of carbonyl (C=O) groups is 2. The predicted octanol–water partition coefficient (Wildman–Crippen LogP) is 2.64. The van der Waals surface area contributed by atoms with Crippen LogP contribution < -0.4 is 0 Å². The molecule has 5 nitrogen and oxygen atoms in total. The second kappa shape index (κ2) is 6.24. The van der Waals surface area contributed by atoms with E-state index in [1.807, 2.05) is 32.7 Å². The average Bonchev–Trinajstić information content (AvgIpc) is 2.34. The highest BCUT2D eigenvalue weighted by Gasteiger charge is 2.34. The van der Waals surface area contributed by atoms with E-state index in [1.54, 1.807) is 4.90 Å². The van der Waals surface area contributed by atoms with Crippen molar-refractivity contribution in [3.05, 3.63) is 0 Å². The molecule has 0 atom stereocenters. The first kappa shape index (κ1) is 16.1. The molecule has 0 radical (unpaired) electrons. The number of piperidine rings is 1. The van der Waals surface area contributed by atoms with E-state index >= 15 is 0 Å². The summed E-state index contributed by atoms with van der Waals surface area (Å²) in [6.45, 7) is 6.97. The van der Waals surface area contributed by atoms with Crippen LogP contribution in [-0.2, 0) is 9.53 Å². The van der Waals surface area contributed by atoms with Gasteiger partial charge in [-0.1, -0.05) is 6.42 Å². The molecule has 21 heavy (non-hydrogen) atoms. The molecule has 1 heterocycles. The lowest BCUT2D eigenvalue weighted by Gasteiger charge is -2.39. The third-order valence-electron chi connectivity index (χ3n) is 4.47. The van der Waals surface area contributed by atoms with Crippen LogP contribution in [0.1, 0.15) is 52.9 Å². The maximum Gasteiger partial charge on any atom is 0.410 e. The van der Waals surface area contributed by atoms with Crippen molar-refractivity contribution in [2.45, 2.75) is 64.5 Å². The number of hydrogen-bond donors (Lipinski definition) is 0. The van der Waals surface area contributed by atoms with Crippen molar-refractivity contribution in [2.24, 2.45) is 5.92 Å². The van der Waals surface area contributed by atoms with Gasteiger partial charge in [0.25, 0.3) is 0 Å². The van der Waals surface area contributed by atoms with Crippen LogP contribution in [0.25, 0.3) is 0 Å². The Morgan fingerprint density at radius 2 is 1.67 bits per heavy atom. The zero-order valence-electron chi connectivity index (χ0n) is 13.7. The standard InChI is InChI=1S/C16H28N2O3/c1-16(2,3)21-15(20)18-10-8-13(9-11-18)17(4)14(19)12-6-5-7-12/h12-13H,5-11H2,1-4H3. The molecule has 0 unspecified atom stereocenters. The number of amides is 2. The van der Waals surface area contributed by atoms with Crippen LogP contribution >= 0.6 is 0 Å². The zero-order valence-corrected chi connectivity index (χ0v) is 13.7. The Kier molecular flexibility index (Phi) is 4.79. The number of nitrogens with zero attached hydrogens (tertiary/aromatic N) is 2. The first-order valence-electron chi connectivity index (χ1n) is 8.02. The summed E-state index contributed by atoms with van der Waals surface area (Å²) in [4.78, 5) is 27.9. The topological polar surface area (TPSA) is 49.9 Å². The highest BCUT2D eigenvalue weighted by molar-refractivity contribution is 5.79. The predicted molar refractivity (Wildman–Crippen MR) is 80.9 cm³/mol. The van der Waals surface area contributed by atoms with Crippen molar-refractivity contribution < 1.29 is 14.3 Å². The van der Waals surface area contributed by atoms with Crippen molar-refractivity contribution in [2.75, 3.05) is 20.1 Å². The van der Waals surface area contributed by atoms with Crippen LogP contribution in [0.5, 0.6) is 0 Å². The van der Waals surface area contributed by atoms with Gasteiger partial charge >= 0.3 is 6.09 Å². The monoisotopic (exact) mass is 296 g/mol. The summed E-state index contributed by atoms with van der Waals surface area (Å²) in [7, 11) is 1.91. The Morgan fingerprint density at radius 3 is 2.10 bits per heavy atom. The lowest BCUT2D eigenvalue weighted by molar-refractivity contribution is -0.139. The third-order valence-corrected chi connectivity index (χ3v) is 4.47. The molecule has 1 saturated carbocycles. The van der Waals surface area contributed by atoms with Crippen LogP contribution in [0.3, 0.4) is 0 Å². The Balaban J connectivity index is 1.79. The first-order valence-corrected chi connectivity index (χ1v) is 8.02. The molecule has 0 spiro atoms. The highest BCUT2D eigenvalue weighted by Crippen LogP contribution is 2.29. The minimum absolute atomic E-state index is 0.242. The fraction of sp³-hybridized carbons (Fsp3) is 0.875. The second-order valence-corrected chi connectivity index (χ2v) is 7.28. The lowest BCUT2D eigenvalue weighted by atomic mass is 9.84. The molecule has 0 aromatic heterocycles. The number of likely N-dealkylation sites (tertiary alicyclic amines) is 1. The average molecular weight is 296 g/mol. The molecule has 0 aromatic rings.